The Morgan fingerprint density at radius 1 is 0.909 bits per heavy atom. The van der Waals surface area contributed by atoms with Crippen molar-refractivity contribution in [1.82, 2.24) is 0 Å². The summed E-state index contributed by atoms with van der Waals surface area (Å²) in [6.45, 7) is 0. The van der Waals surface area contributed by atoms with Crippen LogP contribution in [0.4, 0.5) is 0 Å². The van der Waals surface area contributed by atoms with Crippen molar-refractivity contribution >= 4 is 10.9 Å². The van der Waals surface area contributed by atoms with Crippen molar-refractivity contribution in [3.8, 4) is 0 Å². The quantitative estimate of drug-likeness (QED) is 0.531. The molecule has 64 valence electrons. The van der Waals surface area contributed by atoms with Gasteiger partial charge in [-0.15, -0.1) is 0 Å². The molecule has 2 bridgehead atoms. The fourth-order valence-electron chi connectivity index (χ4n) is 4.00. The molecular formula is C10H18S. The van der Waals surface area contributed by atoms with Gasteiger partial charge < -0.3 is 0 Å². The lowest BCUT2D eigenvalue weighted by Crippen LogP contribution is -2.21. The summed E-state index contributed by atoms with van der Waals surface area (Å²) < 4.78 is 0. The molecule has 3 aliphatic rings. The van der Waals surface area contributed by atoms with Gasteiger partial charge in [-0.2, -0.15) is 0 Å². The minimum atomic E-state index is 0.490. The Kier molecular flexibility index (Phi) is 1.36. The van der Waals surface area contributed by atoms with Crippen LogP contribution < -0.4 is 0 Å². The molecular weight excluding hydrogens is 152 g/mol. The van der Waals surface area contributed by atoms with Crippen molar-refractivity contribution in [2.24, 2.45) is 11.8 Å². The molecule has 4 unspecified atom stereocenters. The molecule has 0 amide bonds. The van der Waals surface area contributed by atoms with Gasteiger partial charge in [0.05, 0.1) is 0 Å². The van der Waals surface area contributed by atoms with E-state index in [1.165, 1.54) is 22.3 Å². The maximum Gasteiger partial charge on any atom is -0.0105 e. The lowest BCUT2D eigenvalue weighted by atomic mass is 9.82. The van der Waals surface area contributed by atoms with Crippen LogP contribution in [0.5, 0.6) is 0 Å². The van der Waals surface area contributed by atoms with Crippen LogP contribution in [0.1, 0.15) is 32.1 Å². The number of hydrogen-bond donors (Lipinski definition) is 1. The van der Waals surface area contributed by atoms with Crippen molar-refractivity contribution < 1.29 is 0 Å². The molecule has 2 heterocycles. The predicted octanol–water partition coefficient (Wildman–Crippen LogP) is 2.58. The molecule has 3 rings (SSSR count). The number of fused-ring (bicyclic) bond motifs is 5. The third kappa shape index (κ3) is 0.734. The summed E-state index contributed by atoms with van der Waals surface area (Å²) in [4.78, 5) is 0. The first kappa shape index (κ1) is 6.82. The molecule has 1 saturated carbocycles. The summed E-state index contributed by atoms with van der Waals surface area (Å²) in [6.07, 6.45) is 10.5. The van der Waals surface area contributed by atoms with E-state index >= 15 is 0 Å². The second-order valence-corrected chi connectivity index (χ2v) is 7.29. The molecule has 1 aliphatic carbocycles. The Bertz CT molecular complexity index is 150. The smallest absolute Gasteiger partial charge is 0.0105 e. The highest BCUT2D eigenvalue weighted by Gasteiger charge is 2.51. The molecule has 0 radical (unpaired) electrons. The lowest BCUT2D eigenvalue weighted by Gasteiger charge is -2.22. The Hall–Kier alpha value is 0.350. The van der Waals surface area contributed by atoms with E-state index in [4.69, 9.17) is 0 Å². The van der Waals surface area contributed by atoms with Gasteiger partial charge in [0.1, 0.15) is 0 Å². The van der Waals surface area contributed by atoms with Gasteiger partial charge in [0, 0.05) is 0 Å². The van der Waals surface area contributed by atoms with Crippen molar-refractivity contribution in [1.29, 1.82) is 0 Å². The van der Waals surface area contributed by atoms with Gasteiger partial charge in [0.15, 0.2) is 0 Å². The van der Waals surface area contributed by atoms with Gasteiger partial charge in [-0.05, 0) is 54.3 Å². The van der Waals surface area contributed by atoms with Crippen LogP contribution in [0.3, 0.4) is 0 Å². The normalized spacial score (nSPS) is 63.5. The van der Waals surface area contributed by atoms with Crippen LogP contribution in [0.25, 0.3) is 0 Å². The summed E-state index contributed by atoms with van der Waals surface area (Å²) in [6, 6.07) is 0. The Labute approximate surface area is 72.1 Å². The third-order valence-corrected chi connectivity index (χ3v) is 7.79. The molecule has 4 atom stereocenters. The van der Waals surface area contributed by atoms with Gasteiger partial charge in [-0.3, -0.25) is 10.9 Å². The zero-order chi connectivity index (χ0) is 7.42. The average Bonchev–Trinajstić information content (AvgIpc) is 2.61. The minimum absolute atomic E-state index is 0.490. The van der Waals surface area contributed by atoms with Crippen LogP contribution in [-0.2, 0) is 0 Å². The highest BCUT2D eigenvalue weighted by atomic mass is 32.2. The van der Waals surface area contributed by atoms with Gasteiger partial charge >= 0.3 is 0 Å². The van der Waals surface area contributed by atoms with E-state index in [1.54, 1.807) is 32.1 Å². The average molecular weight is 170 g/mol. The third-order valence-electron chi connectivity index (χ3n) is 4.42. The van der Waals surface area contributed by atoms with E-state index in [9.17, 15) is 0 Å². The molecule has 11 heavy (non-hydrogen) atoms. The van der Waals surface area contributed by atoms with Crippen LogP contribution >= 0.6 is 10.9 Å². The summed E-state index contributed by atoms with van der Waals surface area (Å²) in [5.74, 6) is 2.43. The highest BCUT2D eigenvalue weighted by Crippen LogP contribution is 2.65. The highest BCUT2D eigenvalue weighted by molar-refractivity contribution is 8.18. The molecule has 0 aromatic heterocycles. The Morgan fingerprint density at radius 3 is 2.00 bits per heavy atom. The van der Waals surface area contributed by atoms with E-state index < -0.39 is 0 Å². The van der Waals surface area contributed by atoms with Crippen molar-refractivity contribution in [2.75, 3.05) is 6.26 Å². The number of rotatable bonds is 0. The van der Waals surface area contributed by atoms with Crippen LogP contribution in [0.2, 0.25) is 0 Å². The maximum absolute atomic E-state index is 2.58. The molecule has 0 nitrogen and oxygen atoms in total. The maximum atomic E-state index is 2.58. The standard InChI is InChI=1S/C10H18S/c1-11-9-5-6-10(11)8-4-2-3-7(8)9/h7-11H,2-6H2,1H3. The van der Waals surface area contributed by atoms with Crippen LogP contribution in [0.15, 0.2) is 0 Å². The minimum Gasteiger partial charge on any atom is -0.250 e. The molecule has 1 heteroatoms. The largest absolute Gasteiger partial charge is 0.250 e. The predicted molar refractivity (Wildman–Crippen MR) is 52.6 cm³/mol. The topological polar surface area (TPSA) is 0 Å². The SMILES string of the molecule is C[SH]1C2CCC1C1CCCC12. The fourth-order valence-corrected chi connectivity index (χ4v) is 7.55. The molecule has 3 fully saturated rings. The summed E-state index contributed by atoms with van der Waals surface area (Å²) in [5, 5.41) is 2.45. The molecule has 0 aromatic carbocycles. The Morgan fingerprint density at radius 2 is 1.45 bits per heavy atom. The van der Waals surface area contributed by atoms with E-state index in [1.807, 2.05) is 0 Å². The lowest BCUT2D eigenvalue weighted by molar-refractivity contribution is 0.330. The first-order valence-corrected chi connectivity index (χ1v) is 7.02. The summed E-state index contributed by atoms with van der Waals surface area (Å²) in [7, 11) is 0.490. The zero-order valence-electron chi connectivity index (χ0n) is 7.29. The van der Waals surface area contributed by atoms with Crippen LogP contribution in [-0.4, -0.2) is 16.8 Å². The molecule has 0 aromatic rings. The van der Waals surface area contributed by atoms with E-state index in [0.717, 1.165) is 0 Å². The van der Waals surface area contributed by atoms with Crippen molar-refractivity contribution in [2.45, 2.75) is 42.6 Å². The molecule has 0 N–H and O–H groups in total. The van der Waals surface area contributed by atoms with Crippen molar-refractivity contribution in [3.63, 3.8) is 0 Å². The first-order chi connectivity index (χ1) is 5.38. The zero-order valence-corrected chi connectivity index (χ0v) is 8.19. The summed E-state index contributed by atoms with van der Waals surface area (Å²) in [5.41, 5.74) is 0. The summed E-state index contributed by atoms with van der Waals surface area (Å²) >= 11 is 0. The molecule has 2 saturated heterocycles. The van der Waals surface area contributed by atoms with E-state index in [-0.39, 0.29) is 0 Å². The fraction of sp³-hybridized carbons (Fsp3) is 1.00. The van der Waals surface area contributed by atoms with Crippen LogP contribution in [0, 0.1) is 11.8 Å². The van der Waals surface area contributed by atoms with Gasteiger partial charge in [-0.25, -0.2) is 0 Å². The van der Waals surface area contributed by atoms with Gasteiger partial charge in [0.25, 0.3) is 0 Å². The van der Waals surface area contributed by atoms with Gasteiger partial charge in [-0.1, -0.05) is 6.42 Å². The van der Waals surface area contributed by atoms with E-state index in [2.05, 4.69) is 6.26 Å². The monoisotopic (exact) mass is 170 g/mol. The Balaban J connectivity index is 1.94. The van der Waals surface area contributed by atoms with Gasteiger partial charge in [0.2, 0.25) is 0 Å². The van der Waals surface area contributed by atoms with Crippen molar-refractivity contribution in [3.05, 3.63) is 0 Å². The second kappa shape index (κ2) is 2.18. The second-order valence-electron chi connectivity index (χ2n) is 4.64. The number of hydrogen-bond acceptors (Lipinski definition) is 0. The molecule has 0 spiro atoms. The first-order valence-electron chi connectivity index (χ1n) is 5.10. The number of thiol groups is 1. The molecule has 2 aliphatic heterocycles. The van der Waals surface area contributed by atoms with E-state index in [0.29, 0.717) is 10.9 Å².